The van der Waals surface area contributed by atoms with Crippen LogP contribution in [0.15, 0.2) is 30.7 Å². The second-order valence-electron chi connectivity index (χ2n) is 10.1. The Morgan fingerprint density at radius 1 is 0.441 bits per heavy atom. The topological polar surface area (TPSA) is 38.7 Å². The molecule has 0 unspecified atom stereocenters. The lowest BCUT2D eigenvalue weighted by Gasteiger charge is -2.05. The van der Waals surface area contributed by atoms with Gasteiger partial charge in [-0.05, 0) is 42.9 Å². The molecule has 0 N–H and O–H groups in total. The Hall–Kier alpha value is -1.77. The minimum atomic E-state index is 0.741. The second kappa shape index (κ2) is 19.5. The Kier molecular flexibility index (Phi) is 16.3. The first-order valence-corrected chi connectivity index (χ1v) is 14.6. The summed E-state index contributed by atoms with van der Waals surface area (Å²) in [5, 5.41) is 0. The highest BCUT2D eigenvalue weighted by molar-refractivity contribution is 5.48. The zero-order valence-electron chi connectivity index (χ0n) is 22.4. The fraction of sp³-hybridized carbons (Fsp3) is 0.710. The molecule has 0 bridgehead atoms. The standard InChI is InChI=1S/C31H51N3/c1-3-5-7-9-11-13-14-16-17-19-21-28-23-24-30(32-25-28)31-33-26-29(27-34-31)22-20-18-15-12-10-8-6-4-2/h23-27H,3-22H2,1-2H3. The van der Waals surface area contributed by atoms with Crippen molar-refractivity contribution in [1.29, 1.82) is 0 Å². The van der Waals surface area contributed by atoms with E-state index in [2.05, 4.69) is 40.9 Å². The third-order valence-electron chi connectivity index (χ3n) is 6.90. The van der Waals surface area contributed by atoms with E-state index in [0.29, 0.717) is 0 Å². The monoisotopic (exact) mass is 465 g/mol. The van der Waals surface area contributed by atoms with Crippen molar-refractivity contribution < 1.29 is 0 Å². The molecule has 0 spiro atoms. The maximum atomic E-state index is 4.63. The first-order chi connectivity index (χ1) is 16.8. The van der Waals surface area contributed by atoms with E-state index in [1.54, 1.807) is 0 Å². The van der Waals surface area contributed by atoms with Gasteiger partial charge >= 0.3 is 0 Å². The summed E-state index contributed by atoms with van der Waals surface area (Å²) in [6, 6.07) is 4.28. The average Bonchev–Trinajstić information content (AvgIpc) is 2.87. The molecule has 3 nitrogen and oxygen atoms in total. The molecule has 0 aliphatic rings. The molecule has 2 heterocycles. The summed E-state index contributed by atoms with van der Waals surface area (Å²) in [4.78, 5) is 13.8. The number of pyridine rings is 1. The average molecular weight is 466 g/mol. The Bertz CT molecular complexity index is 708. The van der Waals surface area contributed by atoms with E-state index in [1.165, 1.54) is 127 Å². The molecule has 2 rings (SSSR count). The largest absolute Gasteiger partial charge is 0.253 e. The number of aryl methyl sites for hydroxylation is 2. The van der Waals surface area contributed by atoms with Gasteiger partial charge in [-0.15, -0.1) is 0 Å². The Morgan fingerprint density at radius 2 is 0.853 bits per heavy atom. The minimum absolute atomic E-state index is 0.741. The van der Waals surface area contributed by atoms with E-state index in [4.69, 9.17) is 0 Å². The zero-order valence-corrected chi connectivity index (χ0v) is 22.4. The van der Waals surface area contributed by atoms with Crippen LogP contribution in [0.2, 0.25) is 0 Å². The van der Waals surface area contributed by atoms with E-state index in [9.17, 15) is 0 Å². The lowest BCUT2D eigenvalue weighted by molar-refractivity contribution is 0.556. The van der Waals surface area contributed by atoms with Crippen LogP contribution in [-0.2, 0) is 12.8 Å². The molecule has 190 valence electrons. The van der Waals surface area contributed by atoms with Gasteiger partial charge in [-0.25, -0.2) is 9.97 Å². The summed E-state index contributed by atoms with van der Waals surface area (Å²) < 4.78 is 0. The van der Waals surface area contributed by atoms with E-state index >= 15 is 0 Å². The van der Waals surface area contributed by atoms with Gasteiger partial charge in [-0.1, -0.05) is 123 Å². The quantitative estimate of drug-likeness (QED) is 0.172. The van der Waals surface area contributed by atoms with Crippen molar-refractivity contribution in [3.05, 3.63) is 41.9 Å². The van der Waals surface area contributed by atoms with Gasteiger partial charge in [-0.3, -0.25) is 4.98 Å². The molecular weight excluding hydrogens is 414 g/mol. The molecule has 0 aliphatic carbocycles. The van der Waals surface area contributed by atoms with Crippen LogP contribution >= 0.6 is 0 Å². The summed E-state index contributed by atoms with van der Waals surface area (Å²) in [5.74, 6) is 0.741. The molecule has 0 saturated heterocycles. The number of hydrogen-bond acceptors (Lipinski definition) is 3. The van der Waals surface area contributed by atoms with E-state index in [0.717, 1.165) is 24.4 Å². The van der Waals surface area contributed by atoms with Crippen LogP contribution < -0.4 is 0 Å². The highest BCUT2D eigenvalue weighted by atomic mass is 14.9. The Morgan fingerprint density at radius 3 is 1.29 bits per heavy atom. The van der Waals surface area contributed by atoms with Crippen LogP contribution in [-0.4, -0.2) is 15.0 Å². The third kappa shape index (κ3) is 13.2. The number of aromatic nitrogens is 3. The molecule has 2 aromatic heterocycles. The van der Waals surface area contributed by atoms with Gasteiger partial charge in [0.25, 0.3) is 0 Å². The number of rotatable bonds is 21. The maximum Gasteiger partial charge on any atom is 0.178 e. The van der Waals surface area contributed by atoms with Gasteiger partial charge in [0.2, 0.25) is 0 Å². The van der Waals surface area contributed by atoms with Crippen LogP contribution in [0.25, 0.3) is 11.5 Å². The molecule has 2 aromatic rings. The number of unbranched alkanes of at least 4 members (excludes halogenated alkanes) is 16. The van der Waals surface area contributed by atoms with Crippen molar-refractivity contribution >= 4 is 0 Å². The van der Waals surface area contributed by atoms with Crippen molar-refractivity contribution in [2.45, 2.75) is 142 Å². The highest BCUT2D eigenvalue weighted by Crippen LogP contribution is 2.16. The van der Waals surface area contributed by atoms with Gasteiger partial charge in [0.1, 0.15) is 5.69 Å². The fourth-order valence-corrected chi connectivity index (χ4v) is 4.60. The first-order valence-electron chi connectivity index (χ1n) is 14.6. The molecule has 0 atom stereocenters. The highest BCUT2D eigenvalue weighted by Gasteiger charge is 2.04. The molecule has 0 amide bonds. The SMILES string of the molecule is CCCCCCCCCCCCc1ccc(-c2ncc(CCCCCCCCCC)cn2)nc1. The first kappa shape index (κ1) is 28.5. The van der Waals surface area contributed by atoms with Crippen molar-refractivity contribution in [1.82, 2.24) is 15.0 Å². The molecular formula is C31H51N3. The molecule has 0 aromatic carbocycles. The molecule has 0 radical (unpaired) electrons. The van der Waals surface area contributed by atoms with Crippen LogP contribution in [0, 0.1) is 0 Å². The minimum Gasteiger partial charge on any atom is -0.253 e. The predicted molar refractivity (Wildman–Crippen MR) is 147 cm³/mol. The van der Waals surface area contributed by atoms with E-state index in [1.807, 2.05) is 18.6 Å². The van der Waals surface area contributed by atoms with E-state index in [-0.39, 0.29) is 0 Å². The summed E-state index contributed by atoms with van der Waals surface area (Å²) in [6.45, 7) is 4.56. The summed E-state index contributed by atoms with van der Waals surface area (Å²) in [7, 11) is 0. The predicted octanol–water partition coefficient (Wildman–Crippen LogP) is 9.69. The number of hydrogen-bond donors (Lipinski definition) is 0. The molecule has 34 heavy (non-hydrogen) atoms. The molecule has 0 saturated carbocycles. The van der Waals surface area contributed by atoms with Gasteiger partial charge in [0.15, 0.2) is 5.82 Å². The van der Waals surface area contributed by atoms with Gasteiger partial charge in [-0.2, -0.15) is 0 Å². The summed E-state index contributed by atoms with van der Waals surface area (Å²) in [5.41, 5.74) is 3.45. The van der Waals surface area contributed by atoms with Crippen molar-refractivity contribution in [2.24, 2.45) is 0 Å². The number of nitrogens with zero attached hydrogens (tertiary/aromatic N) is 3. The smallest absolute Gasteiger partial charge is 0.178 e. The molecule has 0 aliphatic heterocycles. The van der Waals surface area contributed by atoms with Crippen LogP contribution in [0.1, 0.15) is 141 Å². The van der Waals surface area contributed by atoms with Crippen molar-refractivity contribution in [3.8, 4) is 11.5 Å². The normalized spacial score (nSPS) is 11.2. The summed E-state index contributed by atoms with van der Waals surface area (Å²) >= 11 is 0. The Balaban J connectivity index is 1.56. The van der Waals surface area contributed by atoms with E-state index < -0.39 is 0 Å². The fourth-order valence-electron chi connectivity index (χ4n) is 4.60. The maximum absolute atomic E-state index is 4.63. The van der Waals surface area contributed by atoms with Gasteiger partial charge in [0, 0.05) is 18.6 Å². The lowest BCUT2D eigenvalue weighted by atomic mass is 10.0. The van der Waals surface area contributed by atoms with Crippen LogP contribution in [0.4, 0.5) is 0 Å². The zero-order chi connectivity index (χ0) is 24.1. The molecule has 0 fully saturated rings. The lowest BCUT2D eigenvalue weighted by Crippen LogP contribution is -1.96. The van der Waals surface area contributed by atoms with Crippen LogP contribution in [0.5, 0.6) is 0 Å². The summed E-state index contributed by atoms with van der Waals surface area (Å²) in [6.07, 6.45) is 32.8. The second-order valence-corrected chi connectivity index (χ2v) is 10.1. The van der Waals surface area contributed by atoms with Gasteiger partial charge in [0.05, 0.1) is 0 Å². The Labute approximate surface area is 210 Å². The molecule has 3 heteroatoms. The van der Waals surface area contributed by atoms with Crippen LogP contribution in [0.3, 0.4) is 0 Å². The third-order valence-corrected chi connectivity index (χ3v) is 6.90. The van der Waals surface area contributed by atoms with Crippen molar-refractivity contribution in [3.63, 3.8) is 0 Å². The van der Waals surface area contributed by atoms with Crippen molar-refractivity contribution in [2.75, 3.05) is 0 Å². The van der Waals surface area contributed by atoms with Gasteiger partial charge < -0.3 is 0 Å².